The van der Waals surface area contributed by atoms with Crippen molar-refractivity contribution >= 4 is 21.6 Å². The van der Waals surface area contributed by atoms with E-state index in [9.17, 15) is 0 Å². The third-order valence-electron chi connectivity index (χ3n) is 3.28. The Morgan fingerprint density at radius 2 is 1.95 bits per heavy atom. The SMILES string of the molecule is COCCN(c1ccc([C@H](C)N)c(Br)c1)C(C)COC. The third kappa shape index (κ3) is 4.74. The largest absolute Gasteiger partial charge is 0.383 e. The topological polar surface area (TPSA) is 47.7 Å². The van der Waals surface area contributed by atoms with Crippen LogP contribution in [-0.2, 0) is 9.47 Å². The Morgan fingerprint density at radius 1 is 1.25 bits per heavy atom. The minimum atomic E-state index is 0.0160. The highest BCUT2D eigenvalue weighted by Crippen LogP contribution is 2.28. The van der Waals surface area contributed by atoms with Crippen molar-refractivity contribution in [1.29, 1.82) is 0 Å². The number of hydrogen-bond acceptors (Lipinski definition) is 4. The zero-order valence-corrected chi connectivity index (χ0v) is 14.3. The van der Waals surface area contributed by atoms with Crippen LogP contribution in [-0.4, -0.2) is 40.0 Å². The minimum Gasteiger partial charge on any atom is -0.383 e. The van der Waals surface area contributed by atoms with Gasteiger partial charge in [-0.1, -0.05) is 22.0 Å². The van der Waals surface area contributed by atoms with E-state index in [-0.39, 0.29) is 12.1 Å². The van der Waals surface area contributed by atoms with Crippen LogP contribution in [0.5, 0.6) is 0 Å². The van der Waals surface area contributed by atoms with E-state index in [0.717, 1.165) is 22.3 Å². The van der Waals surface area contributed by atoms with Gasteiger partial charge in [0.1, 0.15) is 0 Å². The van der Waals surface area contributed by atoms with Crippen LogP contribution < -0.4 is 10.6 Å². The van der Waals surface area contributed by atoms with E-state index in [1.54, 1.807) is 14.2 Å². The molecule has 0 radical (unpaired) electrons. The van der Waals surface area contributed by atoms with E-state index in [1.807, 2.05) is 6.92 Å². The van der Waals surface area contributed by atoms with Crippen LogP contribution in [0.25, 0.3) is 0 Å². The summed E-state index contributed by atoms with van der Waals surface area (Å²) in [6.07, 6.45) is 0. The third-order valence-corrected chi connectivity index (χ3v) is 3.97. The first-order valence-electron chi connectivity index (χ1n) is 6.80. The van der Waals surface area contributed by atoms with E-state index in [0.29, 0.717) is 13.2 Å². The summed E-state index contributed by atoms with van der Waals surface area (Å²) in [6, 6.07) is 6.58. The lowest BCUT2D eigenvalue weighted by atomic mass is 10.1. The Hall–Kier alpha value is -0.620. The van der Waals surface area contributed by atoms with Crippen molar-refractivity contribution in [1.82, 2.24) is 0 Å². The van der Waals surface area contributed by atoms with Crippen molar-refractivity contribution in [3.8, 4) is 0 Å². The predicted molar refractivity (Wildman–Crippen MR) is 87.3 cm³/mol. The van der Waals surface area contributed by atoms with Gasteiger partial charge in [-0.3, -0.25) is 0 Å². The molecule has 0 amide bonds. The number of anilines is 1. The summed E-state index contributed by atoms with van der Waals surface area (Å²) in [5.41, 5.74) is 8.20. The zero-order chi connectivity index (χ0) is 15.1. The lowest BCUT2D eigenvalue weighted by Crippen LogP contribution is -2.38. The van der Waals surface area contributed by atoms with Crippen LogP contribution in [0, 0.1) is 0 Å². The molecule has 0 aliphatic rings. The molecule has 0 bridgehead atoms. The van der Waals surface area contributed by atoms with Gasteiger partial charge in [0.25, 0.3) is 0 Å². The van der Waals surface area contributed by atoms with Gasteiger partial charge < -0.3 is 20.1 Å². The molecule has 0 fully saturated rings. The minimum absolute atomic E-state index is 0.0160. The van der Waals surface area contributed by atoms with Crippen LogP contribution in [0.1, 0.15) is 25.5 Å². The summed E-state index contributed by atoms with van der Waals surface area (Å²) in [5.74, 6) is 0. The number of hydrogen-bond donors (Lipinski definition) is 1. The summed E-state index contributed by atoms with van der Waals surface area (Å²) in [6.45, 7) is 6.31. The molecule has 0 aliphatic heterocycles. The van der Waals surface area contributed by atoms with Crippen LogP contribution in [0.3, 0.4) is 0 Å². The molecular formula is C15H25BrN2O2. The predicted octanol–water partition coefficient (Wildman–Crippen LogP) is 2.96. The fourth-order valence-electron chi connectivity index (χ4n) is 2.19. The number of ether oxygens (including phenoxy) is 2. The second kappa shape index (κ2) is 8.62. The Kier molecular flexibility index (Phi) is 7.51. The van der Waals surface area contributed by atoms with Gasteiger partial charge in [0.2, 0.25) is 0 Å². The molecule has 1 rings (SSSR count). The molecule has 0 aliphatic carbocycles. The average Bonchev–Trinajstić information content (AvgIpc) is 2.39. The molecule has 0 aromatic heterocycles. The van der Waals surface area contributed by atoms with Gasteiger partial charge in [-0.25, -0.2) is 0 Å². The zero-order valence-electron chi connectivity index (χ0n) is 12.7. The van der Waals surface area contributed by atoms with E-state index in [2.05, 4.69) is 46.0 Å². The van der Waals surface area contributed by atoms with Gasteiger partial charge in [0.15, 0.2) is 0 Å². The maximum Gasteiger partial charge on any atom is 0.0663 e. The molecule has 2 N–H and O–H groups in total. The molecule has 0 heterocycles. The van der Waals surface area contributed by atoms with Crippen LogP contribution >= 0.6 is 15.9 Å². The first-order chi connectivity index (χ1) is 9.51. The van der Waals surface area contributed by atoms with Crippen LogP contribution in [0.15, 0.2) is 22.7 Å². The standard InChI is InChI=1S/C15H25BrN2O2/c1-11(10-20-4)18(7-8-19-3)13-5-6-14(12(2)17)15(16)9-13/h5-6,9,11-12H,7-8,10,17H2,1-4H3/t11?,12-/m0/s1. The van der Waals surface area contributed by atoms with E-state index < -0.39 is 0 Å². The number of halogens is 1. The Labute approximate surface area is 130 Å². The van der Waals surface area contributed by atoms with E-state index >= 15 is 0 Å². The summed E-state index contributed by atoms with van der Waals surface area (Å²) in [4.78, 5) is 2.28. The van der Waals surface area contributed by atoms with Crippen molar-refractivity contribution in [2.75, 3.05) is 38.9 Å². The number of benzene rings is 1. The molecule has 1 unspecified atom stereocenters. The summed E-state index contributed by atoms with van der Waals surface area (Å²) >= 11 is 3.60. The molecular weight excluding hydrogens is 320 g/mol. The maximum absolute atomic E-state index is 5.94. The smallest absolute Gasteiger partial charge is 0.0663 e. The second-order valence-corrected chi connectivity index (χ2v) is 5.84. The Bertz CT molecular complexity index is 413. The van der Waals surface area contributed by atoms with Gasteiger partial charge in [-0.15, -0.1) is 0 Å². The number of nitrogens with zero attached hydrogens (tertiary/aromatic N) is 1. The highest BCUT2D eigenvalue weighted by Gasteiger charge is 2.16. The van der Waals surface area contributed by atoms with E-state index in [1.165, 1.54) is 0 Å². The molecule has 114 valence electrons. The van der Waals surface area contributed by atoms with Crippen molar-refractivity contribution in [3.05, 3.63) is 28.2 Å². The van der Waals surface area contributed by atoms with Crippen LogP contribution in [0.2, 0.25) is 0 Å². The van der Waals surface area contributed by atoms with Gasteiger partial charge in [-0.05, 0) is 31.5 Å². The Balaban J connectivity index is 2.97. The van der Waals surface area contributed by atoms with Crippen molar-refractivity contribution in [2.45, 2.75) is 25.9 Å². The molecule has 2 atom stereocenters. The average molecular weight is 345 g/mol. The first kappa shape index (κ1) is 17.4. The van der Waals surface area contributed by atoms with Gasteiger partial charge >= 0.3 is 0 Å². The molecule has 5 heteroatoms. The number of nitrogens with two attached hydrogens (primary N) is 1. The molecule has 4 nitrogen and oxygen atoms in total. The van der Waals surface area contributed by atoms with Crippen molar-refractivity contribution in [3.63, 3.8) is 0 Å². The quantitative estimate of drug-likeness (QED) is 0.787. The molecule has 1 aromatic carbocycles. The molecule has 20 heavy (non-hydrogen) atoms. The fourth-order valence-corrected chi connectivity index (χ4v) is 2.92. The highest BCUT2D eigenvalue weighted by atomic mass is 79.9. The first-order valence-corrected chi connectivity index (χ1v) is 7.60. The number of methoxy groups -OCH3 is 2. The van der Waals surface area contributed by atoms with Gasteiger partial charge in [0.05, 0.1) is 13.2 Å². The van der Waals surface area contributed by atoms with Crippen molar-refractivity contribution in [2.24, 2.45) is 5.73 Å². The monoisotopic (exact) mass is 344 g/mol. The summed E-state index contributed by atoms with van der Waals surface area (Å²) in [5, 5.41) is 0. The van der Waals surface area contributed by atoms with Crippen molar-refractivity contribution < 1.29 is 9.47 Å². The lowest BCUT2D eigenvalue weighted by Gasteiger charge is -2.31. The molecule has 0 saturated carbocycles. The van der Waals surface area contributed by atoms with Crippen LogP contribution in [0.4, 0.5) is 5.69 Å². The van der Waals surface area contributed by atoms with E-state index in [4.69, 9.17) is 15.2 Å². The normalized spacial score (nSPS) is 14.1. The maximum atomic E-state index is 5.94. The fraction of sp³-hybridized carbons (Fsp3) is 0.600. The lowest BCUT2D eigenvalue weighted by molar-refractivity contribution is 0.171. The summed E-state index contributed by atoms with van der Waals surface area (Å²) in [7, 11) is 3.44. The molecule has 0 spiro atoms. The second-order valence-electron chi connectivity index (χ2n) is 4.99. The summed E-state index contributed by atoms with van der Waals surface area (Å²) < 4.78 is 11.5. The highest BCUT2D eigenvalue weighted by molar-refractivity contribution is 9.10. The molecule has 1 aromatic rings. The van der Waals surface area contributed by atoms with Gasteiger partial charge in [-0.2, -0.15) is 0 Å². The molecule has 0 saturated heterocycles. The van der Waals surface area contributed by atoms with Gasteiger partial charge in [0, 0.05) is 43.0 Å². The Morgan fingerprint density at radius 3 is 2.45 bits per heavy atom. The number of rotatable bonds is 8.